The Morgan fingerprint density at radius 2 is 1.65 bits per heavy atom. The number of hydrogen-bond donors (Lipinski definition) is 0. The van der Waals surface area contributed by atoms with Crippen molar-refractivity contribution in [3.8, 4) is 0 Å². The lowest BCUT2D eigenvalue weighted by Gasteiger charge is -2.10. The Balaban J connectivity index is 2.19. The zero-order chi connectivity index (χ0) is 16.4. The molecule has 114 valence electrons. The smallest absolute Gasteiger partial charge is 0.162 e. The van der Waals surface area contributed by atoms with Gasteiger partial charge >= 0.3 is 0 Å². The van der Waals surface area contributed by atoms with E-state index in [1.54, 1.807) is 6.92 Å². The third kappa shape index (κ3) is 3.07. The van der Waals surface area contributed by atoms with E-state index in [9.17, 15) is 4.79 Å². The number of ketones is 1. The van der Waals surface area contributed by atoms with Gasteiger partial charge in [-0.2, -0.15) is 0 Å². The van der Waals surface area contributed by atoms with Gasteiger partial charge in [0.2, 0.25) is 0 Å². The molecule has 1 aromatic heterocycles. The summed E-state index contributed by atoms with van der Waals surface area (Å²) in [5.74, 6) is 0.0457. The van der Waals surface area contributed by atoms with E-state index >= 15 is 0 Å². The summed E-state index contributed by atoms with van der Waals surface area (Å²) in [7, 11) is 0. The van der Waals surface area contributed by atoms with Gasteiger partial charge in [0, 0.05) is 16.6 Å². The minimum Gasteiger partial charge on any atom is -0.294 e. The van der Waals surface area contributed by atoms with Crippen LogP contribution >= 0.6 is 0 Å². The van der Waals surface area contributed by atoms with Crippen LogP contribution in [0, 0.1) is 13.8 Å². The van der Waals surface area contributed by atoms with Crippen LogP contribution in [0.1, 0.15) is 39.7 Å². The molecule has 1 heterocycles. The van der Waals surface area contributed by atoms with Gasteiger partial charge in [-0.1, -0.05) is 60.2 Å². The molecule has 3 aromatic rings. The highest BCUT2D eigenvalue weighted by Crippen LogP contribution is 2.26. The van der Waals surface area contributed by atoms with E-state index in [1.165, 1.54) is 5.56 Å². The highest BCUT2D eigenvalue weighted by Gasteiger charge is 2.13. The lowest BCUT2D eigenvalue weighted by Crippen LogP contribution is -2.03. The monoisotopic (exact) mass is 301 g/mol. The van der Waals surface area contributed by atoms with Crippen molar-refractivity contribution in [1.29, 1.82) is 0 Å². The van der Waals surface area contributed by atoms with Gasteiger partial charge in [-0.05, 0) is 38.0 Å². The third-order valence-electron chi connectivity index (χ3n) is 3.99. The van der Waals surface area contributed by atoms with Crippen molar-refractivity contribution in [3.63, 3.8) is 0 Å². The minimum atomic E-state index is 0.0457. The molecule has 0 aliphatic rings. The molecule has 0 saturated carbocycles. The average molecular weight is 301 g/mol. The van der Waals surface area contributed by atoms with Crippen LogP contribution in [-0.2, 0) is 0 Å². The summed E-state index contributed by atoms with van der Waals surface area (Å²) < 4.78 is 0. The van der Waals surface area contributed by atoms with Gasteiger partial charge < -0.3 is 0 Å². The lowest BCUT2D eigenvalue weighted by atomic mass is 9.97. The van der Waals surface area contributed by atoms with Gasteiger partial charge in [-0.3, -0.25) is 9.78 Å². The van der Waals surface area contributed by atoms with E-state index in [2.05, 4.69) is 36.2 Å². The van der Waals surface area contributed by atoms with E-state index in [0.29, 0.717) is 5.56 Å². The maximum absolute atomic E-state index is 12.1. The molecule has 2 aromatic carbocycles. The van der Waals surface area contributed by atoms with E-state index < -0.39 is 0 Å². The summed E-state index contributed by atoms with van der Waals surface area (Å²) in [6.07, 6.45) is 4.07. The van der Waals surface area contributed by atoms with Crippen molar-refractivity contribution in [2.24, 2.45) is 0 Å². The van der Waals surface area contributed by atoms with E-state index in [4.69, 9.17) is 0 Å². The number of aromatic nitrogens is 1. The van der Waals surface area contributed by atoms with Crippen LogP contribution in [-0.4, -0.2) is 10.8 Å². The summed E-state index contributed by atoms with van der Waals surface area (Å²) in [5.41, 5.74) is 5.69. The number of para-hydroxylation sites is 1. The van der Waals surface area contributed by atoms with E-state index in [-0.39, 0.29) is 5.78 Å². The van der Waals surface area contributed by atoms with Crippen molar-refractivity contribution in [2.45, 2.75) is 20.8 Å². The number of aryl methyl sites for hydroxylation is 2. The van der Waals surface area contributed by atoms with Crippen molar-refractivity contribution >= 4 is 28.8 Å². The largest absolute Gasteiger partial charge is 0.294 e. The molecule has 0 amide bonds. The number of carbonyl (C=O) groups is 1. The van der Waals surface area contributed by atoms with Gasteiger partial charge in [0.05, 0.1) is 5.52 Å². The lowest BCUT2D eigenvalue weighted by molar-refractivity contribution is 0.101. The molecule has 2 heteroatoms. The van der Waals surface area contributed by atoms with Crippen LogP contribution in [0.4, 0.5) is 0 Å². The number of hydrogen-bond acceptors (Lipinski definition) is 2. The number of pyridine rings is 1. The molecule has 0 aliphatic heterocycles. The molecule has 3 rings (SSSR count). The van der Waals surface area contributed by atoms with E-state index in [0.717, 1.165) is 27.7 Å². The molecule has 0 fully saturated rings. The Morgan fingerprint density at radius 1 is 0.957 bits per heavy atom. The Bertz CT molecular complexity index is 905. The van der Waals surface area contributed by atoms with Crippen molar-refractivity contribution in [3.05, 3.63) is 76.5 Å². The highest BCUT2D eigenvalue weighted by atomic mass is 16.1. The number of Topliss-reactive ketones (excluding diaryl/α,β-unsaturated/α-hetero) is 1. The summed E-state index contributed by atoms with van der Waals surface area (Å²) in [5, 5.41) is 1.01. The van der Waals surface area contributed by atoms with Gasteiger partial charge in [-0.25, -0.2) is 0 Å². The number of benzene rings is 2. The SMILES string of the molecule is CC(=O)c1c(C)nc2ccccc2c1/C=C/c1ccc(C)cc1. The summed E-state index contributed by atoms with van der Waals surface area (Å²) in [6.45, 7) is 5.56. The first-order chi connectivity index (χ1) is 11.1. The molecular formula is C21H19NO. The number of rotatable bonds is 3. The topological polar surface area (TPSA) is 30.0 Å². The molecule has 2 nitrogen and oxygen atoms in total. The molecule has 0 saturated heterocycles. The Labute approximate surface area is 136 Å². The van der Waals surface area contributed by atoms with Crippen molar-refractivity contribution in [2.75, 3.05) is 0 Å². The Kier molecular flexibility index (Phi) is 4.07. The van der Waals surface area contributed by atoms with Crippen LogP contribution in [0.25, 0.3) is 23.1 Å². The standard InChI is InChI=1S/C21H19NO/c1-14-8-10-17(11-9-14)12-13-19-18-6-4-5-7-20(18)22-15(2)21(19)16(3)23/h4-13H,1-3H3/b13-12+. The molecule has 23 heavy (non-hydrogen) atoms. The normalized spacial score (nSPS) is 11.3. The van der Waals surface area contributed by atoms with Gasteiger partial charge in [0.15, 0.2) is 5.78 Å². The summed E-state index contributed by atoms with van der Waals surface area (Å²) in [6, 6.07) is 16.3. The highest BCUT2D eigenvalue weighted by molar-refractivity contribution is 6.05. The molecule has 0 N–H and O–H groups in total. The van der Waals surface area contributed by atoms with Gasteiger partial charge in [0.25, 0.3) is 0 Å². The molecule has 0 spiro atoms. The molecule has 0 unspecified atom stereocenters. The van der Waals surface area contributed by atoms with Crippen molar-refractivity contribution < 1.29 is 4.79 Å². The molecule has 0 bridgehead atoms. The Morgan fingerprint density at radius 3 is 2.35 bits per heavy atom. The fraction of sp³-hybridized carbons (Fsp3) is 0.143. The third-order valence-corrected chi connectivity index (χ3v) is 3.99. The predicted molar refractivity (Wildman–Crippen MR) is 96.6 cm³/mol. The van der Waals surface area contributed by atoms with Crippen LogP contribution in [0.2, 0.25) is 0 Å². The van der Waals surface area contributed by atoms with Crippen LogP contribution in [0.5, 0.6) is 0 Å². The number of fused-ring (bicyclic) bond motifs is 1. The summed E-state index contributed by atoms with van der Waals surface area (Å²) in [4.78, 5) is 16.7. The predicted octanol–water partition coefficient (Wildman–Crippen LogP) is 5.22. The van der Waals surface area contributed by atoms with Crippen molar-refractivity contribution in [1.82, 2.24) is 4.98 Å². The van der Waals surface area contributed by atoms with Gasteiger partial charge in [-0.15, -0.1) is 0 Å². The second-order valence-corrected chi connectivity index (χ2v) is 5.80. The number of carbonyl (C=O) groups excluding carboxylic acids is 1. The first kappa shape index (κ1) is 15.2. The minimum absolute atomic E-state index is 0.0457. The first-order valence-electron chi connectivity index (χ1n) is 7.71. The molecule has 0 atom stereocenters. The average Bonchev–Trinajstić information content (AvgIpc) is 2.53. The second kappa shape index (κ2) is 6.17. The Hall–Kier alpha value is -2.74. The first-order valence-corrected chi connectivity index (χ1v) is 7.71. The van der Waals surface area contributed by atoms with E-state index in [1.807, 2.05) is 43.3 Å². The zero-order valence-electron chi connectivity index (χ0n) is 13.6. The van der Waals surface area contributed by atoms with Crippen LogP contribution < -0.4 is 0 Å². The zero-order valence-corrected chi connectivity index (χ0v) is 13.6. The molecule has 0 aliphatic carbocycles. The van der Waals surface area contributed by atoms with Crippen LogP contribution in [0.3, 0.4) is 0 Å². The van der Waals surface area contributed by atoms with Gasteiger partial charge in [0.1, 0.15) is 0 Å². The fourth-order valence-electron chi connectivity index (χ4n) is 2.84. The molecule has 0 radical (unpaired) electrons. The second-order valence-electron chi connectivity index (χ2n) is 5.80. The maximum Gasteiger partial charge on any atom is 0.162 e. The number of nitrogens with zero attached hydrogens (tertiary/aromatic N) is 1. The quantitative estimate of drug-likeness (QED) is 0.620. The van der Waals surface area contributed by atoms with Crippen LogP contribution in [0.15, 0.2) is 48.5 Å². The summed E-state index contributed by atoms with van der Waals surface area (Å²) >= 11 is 0. The fourth-order valence-corrected chi connectivity index (χ4v) is 2.84. The molecular weight excluding hydrogens is 282 g/mol. The maximum atomic E-state index is 12.1.